The van der Waals surface area contributed by atoms with Crippen LogP contribution in [0.5, 0.6) is 0 Å². The Balaban J connectivity index is 2.00. The van der Waals surface area contributed by atoms with E-state index in [4.69, 9.17) is 0 Å². The molecule has 0 bridgehead atoms. The number of aryl methyl sites for hydroxylation is 1. The highest BCUT2D eigenvalue weighted by Gasteiger charge is 2.22. The van der Waals surface area contributed by atoms with Gasteiger partial charge in [-0.3, -0.25) is 4.79 Å². The Hall–Kier alpha value is -1.68. The van der Waals surface area contributed by atoms with Gasteiger partial charge in [-0.1, -0.05) is 6.92 Å². The minimum Gasteiger partial charge on any atom is -0.358 e. The molecule has 0 saturated carbocycles. The molecule has 3 nitrogen and oxygen atoms in total. The Bertz CT molecular complexity index is 723. The van der Waals surface area contributed by atoms with Crippen LogP contribution in [-0.4, -0.2) is 18.1 Å². The van der Waals surface area contributed by atoms with Crippen LogP contribution in [0.25, 0.3) is 10.9 Å². The SMILES string of the molecule is Cc1[nH]c2ccc(F)cc2c(=O)c1C[NH+]1CCCC(C)C1. The highest BCUT2D eigenvalue weighted by molar-refractivity contribution is 5.79. The van der Waals surface area contributed by atoms with E-state index in [1.807, 2.05) is 6.92 Å². The van der Waals surface area contributed by atoms with Crippen LogP contribution in [0, 0.1) is 18.7 Å². The lowest BCUT2D eigenvalue weighted by Crippen LogP contribution is -3.12. The van der Waals surface area contributed by atoms with E-state index in [0.29, 0.717) is 16.8 Å². The fraction of sp³-hybridized carbons (Fsp3) is 0.471. The number of quaternary nitrogens is 1. The quantitative estimate of drug-likeness (QED) is 0.869. The summed E-state index contributed by atoms with van der Waals surface area (Å²) < 4.78 is 13.4. The van der Waals surface area contributed by atoms with Crippen molar-refractivity contribution in [3.8, 4) is 0 Å². The molecule has 2 atom stereocenters. The molecule has 1 saturated heterocycles. The van der Waals surface area contributed by atoms with Gasteiger partial charge in [0.15, 0.2) is 5.43 Å². The topological polar surface area (TPSA) is 37.3 Å². The van der Waals surface area contributed by atoms with Gasteiger partial charge in [0, 0.05) is 22.5 Å². The van der Waals surface area contributed by atoms with Crippen LogP contribution in [-0.2, 0) is 6.54 Å². The van der Waals surface area contributed by atoms with Crippen molar-refractivity contribution in [1.29, 1.82) is 0 Å². The second-order valence-electron chi connectivity index (χ2n) is 6.38. The summed E-state index contributed by atoms with van der Waals surface area (Å²) in [6.07, 6.45) is 2.50. The highest BCUT2D eigenvalue weighted by Crippen LogP contribution is 2.13. The number of halogens is 1. The Morgan fingerprint density at radius 1 is 1.43 bits per heavy atom. The third-order valence-electron chi connectivity index (χ3n) is 4.57. The molecule has 1 fully saturated rings. The zero-order valence-electron chi connectivity index (χ0n) is 12.6. The third-order valence-corrected chi connectivity index (χ3v) is 4.57. The summed E-state index contributed by atoms with van der Waals surface area (Å²) >= 11 is 0. The van der Waals surface area contributed by atoms with Crippen LogP contribution < -0.4 is 10.3 Å². The number of piperidine rings is 1. The number of hydrogen-bond donors (Lipinski definition) is 2. The monoisotopic (exact) mass is 289 g/mol. The maximum absolute atomic E-state index is 13.4. The number of benzene rings is 1. The molecule has 1 aliphatic heterocycles. The first kappa shape index (κ1) is 14.3. The largest absolute Gasteiger partial charge is 0.358 e. The molecule has 2 heterocycles. The van der Waals surface area contributed by atoms with Crippen molar-refractivity contribution < 1.29 is 9.29 Å². The van der Waals surface area contributed by atoms with Gasteiger partial charge in [-0.15, -0.1) is 0 Å². The first-order valence-corrected chi connectivity index (χ1v) is 7.69. The molecule has 1 aromatic carbocycles. The van der Waals surface area contributed by atoms with Crippen LogP contribution >= 0.6 is 0 Å². The summed E-state index contributed by atoms with van der Waals surface area (Å²) in [7, 11) is 0. The van der Waals surface area contributed by atoms with E-state index in [1.54, 1.807) is 6.07 Å². The molecule has 3 rings (SSSR count). The first-order valence-electron chi connectivity index (χ1n) is 7.69. The average Bonchev–Trinajstić information content (AvgIpc) is 2.45. The van der Waals surface area contributed by atoms with Crippen molar-refractivity contribution in [3.63, 3.8) is 0 Å². The molecule has 2 unspecified atom stereocenters. The van der Waals surface area contributed by atoms with Crippen molar-refractivity contribution in [3.05, 3.63) is 45.5 Å². The van der Waals surface area contributed by atoms with E-state index < -0.39 is 0 Å². The summed E-state index contributed by atoms with van der Waals surface area (Å²) in [5.41, 5.74) is 2.40. The Morgan fingerprint density at radius 2 is 2.24 bits per heavy atom. The van der Waals surface area contributed by atoms with Gasteiger partial charge in [-0.2, -0.15) is 0 Å². The minimum absolute atomic E-state index is 0.0218. The van der Waals surface area contributed by atoms with Crippen LogP contribution in [0.3, 0.4) is 0 Å². The van der Waals surface area contributed by atoms with Crippen molar-refractivity contribution in [2.75, 3.05) is 13.1 Å². The Morgan fingerprint density at radius 3 is 3.00 bits per heavy atom. The second kappa shape index (κ2) is 5.60. The van der Waals surface area contributed by atoms with Crippen LogP contribution in [0.1, 0.15) is 31.0 Å². The van der Waals surface area contributed by atoms with E-state index in [0.717, 1.165) is 30.9 Å². The van der Waals surface area contributed by atoms with Crippen molar-refractivity contribution in [1.82, 2.24) is 4.98 Å². The Kier molecular flexibility index (Phi) is 3.81. The number of aromatic amines is 1. The van der Waals surface area contributed by atoms with Crippen molar-refractivity contribution in [2.24, 2.45) is 5.92 Å². The van der Waals surface area contributed by atoms with Crippen LogP contribution in [0.15, 0.2) is 23.0 Å². The predicted molar refractivity (Wildman–Crippen MR) is 82.1 cm³/mol. The number of H-pyrrole nitrogens is 1. The van der Waals surface area contributed by atoms with Gasteiger partial charge in [-0.25, -0.2) is 4.39 Å². The first-order chi connectivity index (χ1) is 10.0. The number of likely N-dealkylation sites (tertiary alicyclic amines) is 1. The van der Waals surface area contributed by atoms with Crippen molar-refractivity contribution >= 4 is 10.9 Å². The van der Waals surface area contributed by atoms with Crippen LogP contribution in [0.2, 0.25) is 0 Å². The smallest absolute Gasteiger partial charge is 0.198 e. The molecule has 1 aromatic heterocycles. The molecule has 1 aliphatic rings. The minimum atomic E-state index is -0.359. The van der Waals surface area contributed by atoms with Crippen molar-refractivity contribution in [2.45, 2.75) is 33.2 Å². The van der Waals surface area contributed by atoms with E-state index in [9.17, 15) is 9.18 Å². The summed E-state index contributed by atoms with van der Waals surface area (Å²) in [6.45, 7) is 7.17. The number of aromatic nitrogens is 1. The molecule has 0 spiro atoms. The molecule has 4 heteroatoms. The Labute approximate surface area is 123 Å². The fourth-order valence-electron chi connectivity index (χ4n) is 3.44. The zero-order valence-corrected chi connectivity index (χ0v) is 12.6. The lowest BCUT2D eigenvalue weighted by Gasteiger charge is -2.28. The number of nitrogens with one attached hydrogen (secondary N) is 2. The number of rotatable bonds is 2. The molecule has 0 radical (unpaired) electrons. The lowest BCUT2D eigenvalue weighted by atomic mass is 9.99. The zero-order chi connectivity index (χ0) is 15.0. The average molecular weight is 289 g/mol. The van der Waals surface area contributed by atoms with E-state index in [1.165, 1.54) is 29.9 Å². The predicted octanol–water partition coefficient (Wildman–Crippen LogP) is 1.79. The number of pyridine rings is 1. The molecule has 2 N–H and O–H groups in total. The van der Waals surface area contributed by atoms with Crippen LogP contribution in [0.4, 0.5) is 4.39 Å². The van der Waals surface area contributed by atoms with E-state index in [-0.39, 0.29) is 11.2 Å². The third kappa shape index (κ3) is 2.86. The normalized spacial score (nSPS) is 22.6. The summed E-state index contributed by atoms with van der Waals surface area (Å²) in [5.74, 6) is 0.354. The highest BCUT2D eigenvalue weighted by atomic mass is 19.1. The fourth-order valence-corrected chi connectivity index (χ4v) is 3.44. The molecular formula is C17H22FN2O+. The van der Waals surface area contributed by atoms with Gasteiger partial charge in [0.05, 0.1) is 18.7 Å². The van der Waals surface area contributed by atoms with Gasteiger partial charge in [0.1, 0.15) is 12.4 Å². The summed E-state index contributed by atoms with van der Waals surface area (Å²) in [4.78, 5) is 17.4. The van der Waals surface area contributed by atoms with Gasteiger partial charge < -0.3 is 9.88 Å². The molecule has 0 amide bonds. The second-order valence-corrected chi connectivity index (χ2v) is 6.38. The van der Waals surface area contributed by atoms with Gasteiger partial charge in [-0.05, 0) is 38.0 Å². The lowest BCUT2D eigenvalue weighted by molar-refractivity contribution is -0.922. The van der Waals surface area contributed by atoms with E-state index in [2.05, 4.69) is 11.9 Å². The maximum Gasteiger partial charge on any atom is 0.198 e. The maximum atomic E-state index is 13.4. The summed E-state index contributed by atoms with van der Waals surface area (Å²) in [6, 6.07) is 4.36. The van der Waals surface area contributed by atoms with Gasteiger partial charge in [0.2, 0.25) is 0 Å². The number of fused-ring (bicyclic) bond motifs is 1. The number of hydrogen-bond acceptors (Lipinski definition) is 1. The molecule has 112 valence electrons. The van der Waals surface area contributed by atoms with Gasteiger partial charge >= 0.3 is 0 Å². The van der Waals surface area contributed by atoms with Gasteiger partial charge in [0.25, 0.3) is 0 Å². The molecule has 2 aromatic rings. The standard InChI is InChI=1S/C17H21FN2O/c1-11-4-3-7-20(9-11)10-15-12(2)19-16-6-5-13(18)8-14(16)17(15)21/h5-6,8,11H,3-4,7,9-10H2,1-2H3,(H,19,21)/p+1. The molecular weight excluding hydrogens is 267 g/mol. The molecule has 21 heavy (non-hydrogen) atoms. The summed E-state index contributed by atoms with van der Waals surface area (Å²) in [5, 5.41) is 0.458. The van der Waals surface area contributed by atoms with E-state index >= 15 is 0 Å². The molecule has 0 aliphatic carbocycles.